The van der Waals surface area contributed by atoms with Crippen LogP contribution >= 0.6 is 0 Å². The molecule has 0 unspecified atom stereocenters. The van der Waals surface area contributed by atoms with Crippen molar-refractivity contribution in [3.8, 4) is 17.3 Å². The smallest absolute Gasteiger partial charge is 0.271 e. The number of aromatic nitrogens is 5. The highest BCUT2D eigenvalue weighted by molar-refractivity contribution is 5.92. The minimum atomic E-state index is -0.126. The van der Waals surface area contributed by atoms with Crippen molar-refractivity contribution in [2.45, 2.75) is 64.3 Å². The van der Waals surface area contributed by atoms with E-state index < -0.39 is 0 Å². The molecule has 29 heavy (non-hydrogen) atoms. The molecule has 1 N–H and O–H groups in total. The van der Waals surface area contributed by atoms with Crippen LogP contribution < -0.4 is 5.32 Å². The van der Waals surface area contributed by atoms with Crippen LogP contribution in [0.5, 0.6) is 0 Å². The van der Waals surface area contributed by atoms with E-state index in [9.17, 15) is 4.79 Å². The average Bonchev–Trinajstić information content (AvgIpc) is 3.35. The van der Waals surface area contributed by atoms with Gasteiger partial charge in [0.05, 0.1) is 5.56 Å². The molecule has 8 heteroatoms. The maximum Gasteiger partial charge on any atom is 0.271 e. The molecule has 0 saturated heterocycles. The maximum atomic E-state index is 12.5. The van der Waals surface area contributed by atoms with Crippen LogP contribution in [0.25, 0.3) is 17.3 Å². The van der Waals surface area contributed by atoms with Crippen molar-refractivity contribution in [3.63, 3.8) is 0 Å². The first kappa shape index (κ1) is 19.3. The molecule has 1 saturated carbocycles. The highest BCUT2D eigenvalue weighted by Crippen LogP contribution is 2.20. The van der Waals surface area contributed by atoms with Gasteiger partial charge in [-0.15, -0.1) is 0 Å². The van der Waals surface area contributed by atoms with Crippen molar-refractivity contribution >= 4 is 5.91 Å². The van der Waals surface area contributed by atoms with Gasteiger partial charge in [0.15, 0.2) is 5.82 Å². The van der Waals surface area contributed by atoms with E-state index in [1.54, 1.807) is 23.3 Å². The van der Waals surface area contributed by atoms with Crippen molar-refractivity contribution in [2.75, 3.05) is 0 Å². The van der Waals surface area contributed by atoms with Crippen LogP contribution in [0.3, 0.4) is 0 Å². The van der Waals surface area contributed by atoms with Gasteiger partial charge in [-0.05, 0) is 25.0 Å². The van der Waals surface area contributed by atoms with E-state index in [1.165, 1.54) is 25.7 Å². The second-order valence-corrected chi connectivity index (χ2v) is 7.85. The van der Waals surface area contributed by atoms with E-state index in [1.807, 2.05) is 26.0 Å². The van der Waals surface area contributed by atoms with Gasteiger partial charge < -0.3 is 9.84 Å². The number of carbonyl (C=O) groups is 1. The normalized spacial score (nSPS) is 15.4. The summed E-state index contributed by atoms with van der Waals surface area (Å²) in [5.74, 6) is 1.86. The topological polar surface area (TPSA) is 98.7 Å². The number of nitrogens with zero attached hydrogens (tertiary/aromatic N) is 5. The van der Waals surface area contributed by atoms with Crippen LogP contribution in [0, 0.1) is 0 Å². The fraction of sp³-hybridized carbons (Fsp3) is 0.476. The third-order valence-corrected chi connectivity index (χ3v) is 5.22. The van der Waals surface area contributed by atoms with Gasteiger partial charge in [0, 0.05) is 24.4 Å². The standard InChI is InChI=1S/C21H26N6O2/c1-14(2)19-25-21(29-26-19)15-9-10-18(22-11-15)27-12-17(23-13-27)20(28)24-16-7-5-3-4-6-8-16/h9-14,16H,3-8H2,1-2H3,(H,24,28). The fourth-order valence-corrected chi connectivity index (χ4v) is 3.50. The number of imidazole rings is 1. The summed E-state index contributed by atoms with van der Waals surface area (Å²) >= 11 is 0. The molecular weight excluding hydrogens is 368 g/mol. The molecule has 152 valence electrons. The van der Waals surface area contributed by atoms with E-state index in [2.05, 4.69) is 25.4 Å². The Balaban J connectivity index is 1.44. The number of hydrogen-bond acceptors (Lipinski definition) is 6. The molecular formula is C21H26N6O2. The lowest BCUT2D eigenvalue weighted by Gasteiger charge is -2.15. The molecule has 1 aliphatic rings. The molecule has 0 radical (unpaired) electrons. The molecule has 0 bridgehead atoms. The average molecular weight is 394 g/mol. The van der Waals surface area contributed by atoms with E-state index in [-0.39, 0.29) is 17.9 Å². The Kier molecular flexibility index (Phi) is 5.69. The predicted octanol–water partition coefficient (Wildman–Crippen LogP) is 3.89. The van der Waals surface area contributed by atoms with Crippen LogP contribution in [0.2, 0.25) is 0 Å². The Morgan fingerprint density at radius 2 is 1.97 bits per heavy atom. The summed E-state index contributed by atoms with van der Waals surface area (Å²) in [6, 6.07) is 3.95. The number of hydrogen-bond donors (Lipinski definition) is 1. The molecule has 0 spiro atoms. The van der Waals surface area contributed by atoms with E-state index in [0.29, 0.717) is 23.2 Å². The number of rotatable bonds is 5. The summed E-state index contributed by atoms with van der Waals surface area (Å²) in [6.07, 6.45) is 11.9. The quantitative estimate of drug-likeness (QED) is 0.659. The third-order valence-electron chi connectivity index (χ3n) is 5.22. The fourth-order valence-electron chi connectivity index (χ4n) is 3.50. The minimum absolute atomic E-state index is 0.126. The molecule has 8 nitrogen and oxygen atoms in total. The largest absolute Gasteiger partial charge is 0.348 e. The maximum absolute atomic E-state index is 12.5. The van der Waals surface area contributed by atoms with Gasteiger partial charge in [-0.2, -0.15) is 4.98 Å². The van der Waals surface area contributed by atoms with Crippen molar-refractivity contribution in [3.05, 3.63) is 42.4 Å². The van der Waals surface area contributed by atoms with Gasteiger partial charge >= 0.3 is 0 Å². The van der Waals surface area contributed by atoms with Gasteiger partial charge in [-0.3, -0.25) is 9.36 Å². The SMILES string of the molecule is CC(C)c1noc(-c2ccc(-n3cnc(C(=O)NC4CCCCCC4)c3)nc2)n1. The highest BCUT2D eigenvalue weighted by Gasteiger charge is 2.18. The Morgan fingerprint density at radius 1 is 1.17 bits per heavy atom. The number of pyridine rings is 1. The zero-order chi connectivity index (χ0) is 20.2. The number of nitrogens with one attached hydrogen (secondary N) is 1. The van der Waals surface area contributed by atoms with Crippen LogP contribution in [0.1, 0.15) is 74.6 Å². The molecule has 4 rings (SSSR count). The van der Waals surface area contributed by atoms with E-state index in [4.69, 9.17) is 4.52 Å². The van der Waals surface area contributed by atoms with Gasteiger partial charge in [-0.25, -0.2) is 9.97 Å². The van der Waals surface area contributed by atoms with Gasteiger partial charge in [-0.1, -0.05) is 44.7 Å². The molecule has 1 amide bonds. The summed E-state index contributed by atoms with van der Waals surface area (Å²) in [5.41, 5.74) is 1.15. The zero-order valence-electron chi connectivity index (χ0n) is 16.8. The van der Waals surface area contributed by atoms with E-state index in [0.717, 1.165) is 18.4 Å². The van der Waals surface area contributed by atoms with Gasteiger partial charge in [0.2, 0.25) is 0 Å². The van der Waals surface area contributed by atoms with Crippen molar-refractivity contribution in [1.29, 1.82) is 0 Å². The first-order valence-corrected chi connectivity index (χ1v) is 10.3. The van der Waals surface area contributed by atoms with Crippen LogP contribution in [0.15, 0.2) is 35.4 Å². The lowest BCUT2D eigenvalue weighted by atomic mass is 10.1. The van der Waals surface area contributed by atoms with Crippen molar-refractivity contribution in [1.82, 2.24) is 30.0 Å². The Labute approximate surface area is 169 Å². The summed E-state index contributed by atoms with van der Waals surface area (Å²) in [5, 5.41) is 7.09. The highest BCUT2D eigenvalue weighted by atomic mass is 16.5. The molecule has 1 fully saturated rings. The van der Waals surface area contributed by atoms with Gasteiger partial charge in [0.1, 0.15) is 17.8 Å². The number of carbonyl (C=O) groups excluding carboxylic acids is 1. The first-order chi connectivity index (χ1) is 14.1. The first-order valence-electron chi connectivity index (χ1n) is 10.3. The lowest BCUT2D eigenvalue weighted by Crippen LogP contribution is -2.34. The van der Waals surface area contributed by atoms with Gasteiger partial charge in [0.25, 0.3) is 11.8 Å². The number of amides is 1. The summed E-state index contributed by atoms with van der Waals surface area (Å²) in [4.78, 5) is 25.6. The summed E-state index contributed by atoms with van der Waals surface area (Å²) in [6.45, 7) is 4.02. The van der Waals surface area contributed by atoms with Crippen LogP contribution in [-0.2, 0) is 0 Å². The molecule has 0 aliphatic heterocycles. The second kappa shape index (κ2) is 8.55. The van der Waals surface area contributed by atoms with Crippen molar-refractivity contribution < 1.29 is 9.32 Å². The van der Waals surface area contributed by atoms with Crippen LogP contribution in [-0.4, -0.2) is 36.6 Å². The molecule has 3 aromatic rings. The molecule has 3 heterocycles. The Bertz CT molecular complexity index is 952. The minimum Gasteiger partial charge on any atom is -0.348 e. The zero-order valence-corrected chi connectivity index (χ0v) is 16.8. The summed E-state index contributed by atoms with van der Waals surface area (Å²) < 4.78 is 7.04. The Hall–Kier alpha value is -3.03. The van der Waals surface area contributed by atoms with E-state index >= 15 is 0 Å². The van der Waals surface area contributed by atoms with Crippen molar-refractivity contribution in [2.24, 2.45) is 0 Å². The molecule has 0 atom stereocenters. The lowest BCUT2D eigenvalue weighted by molar-refractivity contribution is 0.0928. The second-order valence-electron chi connectivity index (χ2n) is 7.85. The predicted molar refractivity (Wildman–Crippen MR) is 108 cm³/mol. The molecule has 3 aromatic heterocycles. The summed E-state index contributed by atoms with van der Waals surface area (Å²) in [7, 11) is 0. The Morgan fingerprint density at radius 3 is 2.62 bits per heavy atom. The monoisotopic (exact) mass is 394 g/mol. The van der Waals surface area contributed by atoms with Crippen LogP contribution in [0.4, 0.5) is 0 Å². The third kappa shape index (κ3) is 4.52. The molecule has 0 aromatic carbocycles. The molecule has 1 aliphatic carbocycles.